The van der Waals surface area contributed by atoms with E-state index in [-0.39, 0.29) is 0 Å². The van der Waals surface area contributed by atoms with Gasteiger partial charge in [0.05, 0.1) is 22.1 Å². The number of benzene rings is 8. The van der Waals surface area contributed by atoms with E-state index >= 15 is 9.13 Å². The predicted molar refractivity (Wildman–Crippen MR) is 235 cm³/mol. The van der Waals surface area contributed by atoms with Gasteiger partial charge in [-0.15, -0.1) is 0 Å². The van der Waals surface area contributed by atoms with Crippen LogP contribution in [0.5, 0.6) is 0 Å². The highest BCUT2D eigenvalue weighted by Crippen LogP contribution is 2.77. The molecule has 12 rings (SSSR count). The maximum atomic E-state index is 16.7. The van der Waals surface area contributed by atoms with Gasteiger partial charge in [-0.05, 0) is 59.7 Å². The van der Waals surface area contributed by atoms with E-state index in [9.17, 15) is 0 Å². The summed E-state index contributed by atoms with van der Waals surface area (Å²) in [5.74, 6) is 0. The summed E-state index contributed by atoms with van der Waals surface area (Å²) in [5.41, 5.74) is 7.79. The van der Waals surface area contributed by atoms with Crippen molar-refractivity contribution in [1.29, 1.82) is 0 Å². The van der Waals surface area contributed by atoms with E-state index in [2.05, 4.69) is 143 Å². The molecule has 2 unspecified atom stereocenters. The molecule has 4 nitrogen and oxygen atoms in total. The minimum atomic E-state index is -3.56. The quantitative estimate of drug-likeness (QED) is 0.168. The highest BCUT2D eigenvalue weighted by Gasteiger charge is 2.55. The first-order valence-electron chi connectivity index (χ1n) is 18.9. The van der Waals surface area contributed by atoms with Crippen molar-refractivity contribution < 1.29 is 9.13 Å². The molecule has 0 saturated heterocycles. The lowest BCUT2D eigenvalue weighted by atomic mass is 10.1. The zero-order valence-corrected chi connectivity index (χ0v) is 31.9. The van der Waals surface area contributed by atoms with Crippen molar-refractivity contribution in [1.82, 2.24) is 9.13 Å². The van der Waals surface area contributed by atoms with Crippen molar-refractivity contribution in [2.24, 2.45) is 0 Å². The van der Waals surface area contributed by atoms with Crippen molar-refractivity contribution in [2.75, 3.05) is 0 Å². The van der Waals surface area contributed by atoms with E-state index in [1.165, 1.54) is 0 Å². The molecule has 0 N–H and O–H groups in total. The molecule has 2 aliphatic heterocycles. The van der Waals surface area contributed by atoms with E-state index in [4.69, 9.17) is 0 Å². The fraction of sp³-hybridized carbons (Fsp3) is 0. The third-order valence-electron chi connectivity index (χ3n) is 11.9. The summed E-state index contributed by atoms with van der Waals surface area (Å²) < 4.78 is 37.8. The van der Waals surface area contributed by atoms with Crippen LogP contribution in [0, 0.1) is 0 Å². The molecule has 4 heterocycles. The van der Waals surface area contributed by atoms with Crippen LogP contribution in [-0.4, -0.2) is 9.13 Å². The second kappa shape index (κ2) is 11.5. The third kappa shape index (κ3) is 4.05. The van der Waals surface area contributed by atoms with Crippen LogP contribution in [0.2, 0.25) is 0 Å². The molecule has 264 valence electrons. The molecule has 2 aromatic heterocycles. The van der Waals surface area contributed by atoms with Crippen molar-refractivity contribution in [3.63, 3.8) is 0 Å². The van der Waals surface area contributed by atoms with Gasteiger partial charge in [0.25, 0.3) is 0 Å². The maximum absolute atomic E-state index is 16.7. The van der Waals surface area contributed by atoms with E-state index in [1.54, 1.807) is 0 Å². The summed E-state index contributed by atoms with van der Waals surface area (Å²) in [7, 11) is -7.13. The van der Waals surface area contributed by atoms with Gasteiger partial charge in [-0.2, -0.15) is 0 Å². The Labute approximate surface area is 323 Å². The minimum absolute atomic E-state index is 0.703. The monoisotopic (exact) mass is 754 g/mol. The molecule has 0 radical (unpaired) electrons. The van der Waals surface area contributed by atoms with Crippen molar-refractivity contribution in [3.05, 3.63) is 205 Å². The fourth-order valence-corrected chi connectivity index (χ4v) is 16.9. The molecule has 10 aromatic rings. The highest BCUT2D eigenvalue weighted by molar-refractivity contribution is 7.96. The topological polar surface area (TPSA) is 44.0 Å². The Kier molecular flexibility index (Phi) is 6.57. The molecule has 0 spiro atoms. The van der Waals surface area contributed by atoms with Gasteiger partial charge < -0.3 is 18.3 Å². The molecule has 0 saturated carbocycles. The van der Waals surface area contributed by atoms with Gasteiger partial charge in [0, 0.05) is 64.8 Å². The molecule has 0 aliphatic carbocycles. The SMILES string of the molecule is O=P1(c2ccccc2)C2=C(c3ccc(-n4c5ccccc5c5ccccc54)cc31)P(=O)(c1ccccc1)c1cc(-n3c4ccccc4c4ccccc43)ccc12. The first-order valence-corrected chi connectivity index (χ1v) is 22.3. The molecule has 56 heavy (non-hydrogen) atoms. The molecule has 0 bridgehead atoms. The van der Waals surface area contributed by atoms with Gasteiger partial charge in [0.1, 0.15) is 0 Å². The Balaban J connectivity index is 1.15. The summed E-state index contributed by atoms with van der Waals surface area (Å²) in [6, 6.07) is 66.1. The number of rotatable bonds is 4. The average molecular weight is 755 g/mol. The van der Waals surface area contributed by atoms with Crippen LogP contribution in [0.4, 0.5) is 0 Å². The van der Waals surface area contributed by atoms with E-state index in [0.717, 1.165) is 87.3 Å². The van der Waals surface area contributed by atoms with Crippen LogP contribution in [-0.2, 0) is 9.13 Å². The lowest BCUT2D eigenvalue weighted by molar-refractivity contribution is 0.592. The lowest BCUT2D eigenvalue weighted by Crippen LogP contribution is -2.22. The summed E-state index contributed by atoms with van der Waals surface area (Å²) in [6.45, 7) is 0. The van der Waals surface area contributed by atoms with Crippen LogP contribution >= 0.6 is 14.3 Å². The molecule has 0 fully saturated rings. The van der Waals surface area contributed by atoms with Crippen molar-refractivity contribution in [2.45, 2.75) is 0 Å². The molecule has 6 heteroatoms. The second-order valence-corrected chi connectivity index (χ2v) is 20.1. The van der Waals surface area contributed by atoms with Crippen molar-refractivity contribution in [3.8, 4) is 11.4 Å². The standard InChI is InChI=1S/C50H32N2O2P2/c53-55(35-15-3-1-4-16-35)47-31-33(51-43-23-11-7-19-37(43)38-20-8-12-24-44(38)51)27-29-41(47)50-49(55)42-30-28-34(32-48(42)56(50,54)36-17-5-2-6-18-36)52-45-25-13-9-21-39(45)40-22-10-14-26-46(40)52/h1-32H. The van der Waals surface area contributed by atoms with Crippen molar-refractivity contribution >= 4 is 89.7 Å². The Morgan fingerprint density at radius 2 is 0.625 bits per heavy atom. The third-order valence-corrected chi connectivity index (χ3v) is 18.4. The Hall–Kier alpha value is -6.44. The molecular weight excluding hydrogens is 723 g/mol. The summed E-state index contributed by atoms with van der Waals surface area (Å²) in [5, 5.41) is 9.02. The average Bonchev–Trinajstić information content (AvgIpc) is 3.95. The van der Waals surface area contributed by atoms with Gasteiger partial charge in [-0.25, -0.2) is 0 Å². The number of fused-ring (bicyclic) bond motifs is 10. The smallest absolute Gasteiger partial charge is 0.173 e. The molecular formula is C50H32N2O2P2. The summed E-state index contributed by atoms with van der Waals surface area (Å²) in [6.07, 6.45) is 0. The number of aromatic nitrogens is 2. The lowest BCUT2D eigenvalue weighted by Gasteiger charge is -2.23. The van der Waals surface area contributed by atoms with Gasteiger partial charge in [-0.3, -0.25) is 0 Å². The van der Waals surface area contributed by atoms with E-state index in [0.29, 0.717) is 10.6 Å². The largest absolute Gasteiger partial charge is 0.309 e. The van der Waals surface area contributed by atoms with Gasteiger partial charge in [0.2, 0.25) is 0 Å². The normalized spacial score (nSPS) is 18.6. The Bertz CT molecular complexity index is 3090. The number of hydrogen-bond donors (Lipinski definition) is 0. The van der Waals surface area contributed by atoms with Crippen LogP contribution in [0.25, 0.3) is 65.6 Å². The number of nitrogens with zero attached hydrogens (tertiary/aromatic N) is 2. The van der Waals surface area contributed by atoms with E-state index in [1.807, 2.05) is 60.7 Å². The second-order valence-electron chi connectivity index (χ2n) is 14.7. The number of para-hydroxylation sites is 4. The van der Waals surface area contributed by atoms with E-state index < -0.39 is 14.3 Å². The van der Waals surface area contributed by atoms with Crippen LogP contribution in [0.15, 0.2) is 194 Å². The molecule has 8 aromatic carbocycles. The fourth-order valence-electron chi connectivity index (χ4n) is 9.59. The maximum Gasteiger partial charge on any atom is 0.173 e. The van der Waals surface area contributed by atoms with Crippen LogP contribution < -0.4 is 21.2 Å². The zero-order valence-electron chi connectivity index (χ0n) is 30.1. The Morgan fingerprint density at radius 1 is 0.321 bits per heavy atom. The Morgan fingerprint density at radius 3 is 0.964 bits per heavy atom. The van der Waals surface area contributed by atoms with Crippen LogP contribution in [0.3, 0.4) is 0 Å². The van der Waals surface area contributed by atoms with Crippen LogP contribution in [0.1, 0.15) is 11.1 Å². The molecule has 0 amide bonds. The van der Waals surface area contributed by atoms with Gasteiger partial charge in [0.15, 0.2) is 14.3 Å². The molecule has 2 atom stereocenters. The first-order chi connectivity index (χ1) is 27.6. The minimum Gasteiger partial charge on any atom is -0.309 e. The summed E-state index contributed by atoms with van der Waals surface area (Å²) in [4.78, 5) is 0. The summed E-state index contributed by atoms with van der Waals surface area (Å²) >= 11 is 0. The zero-order chi connectivity index (χ0) is 37.2. The number of hydrogen-bond acceptors (Lipinski definition) is 2. The van der Waals surface area contributed by atoms with Gasteiger partial charge in [-0.1, -0.05) is 146 Å². The first kappa shape index (κ1) is 31.9. The molecule has 2 aliphatic rings. The van der Waals surface area contributed by atoms with Gasteiger partial charge >= 0.3 is 0 Å². The predicted octanol–water partition coefficient (Wildman–Crippen LogP) is 11.4. The highest BCUT2D eigenvalue weighted by atomic mass is 31.2.